The highest BCUT2D eigenvalue weighted by molar-refractivity contribution is 5.48. The lowest BCUT2D eigenvalue weighted by atomic mass is 10.1. The van der Waals surface area contributed by atoms with Crippen LogP contribution in [-0.2, 0) is 13.0 Å². The van der Waals surface area contributed by atoms with Gasteiger partial charge in [0.15, 0.2) is 5.82 Å². The third-order valence-electron chi connectivity index (χ3n) is 2.89. The summed E-state index contributed by atoms with van der Waals surface area (Å²) in [6, 6.07) is 3.18. The predicted molar refractivity (Wildman–Crippen MR) is 60.2 cm³/mol. The number of nitrogens with one attached hydrogen (secondary N) is 1. The maximum atomic E-state index is 11.0. The van der Waals surface area contributed by atoms with Gasteiger partial charge in [0.05, 0.1) is 0 Å². The monoisotopic (exact) mass is 232 g/mol. The van der Waals surface area contributed by atoms with E-state index < -0.39 is 0 Å². The normalized spacial score (nSPS) is 19.0. The third-order valence-corrected chi connectivity index (χ3v) is 2.89. The summed E-state index contributed by atoms with van der Waals surface area (Å²) in [7, 11) is 0. The van der Waals surface area contributed by atoms with Crippen LogP contribution in [0.1, 0.15) is 12.2 Å². The summed E-state index contributed by atoms with van der Waals surface area (Å²) in [4.78, 5) is 11.0. The molecule has 88 valence electrons. The second kappa shape index (κ2) is 3.77. The first kappa shape index (κ1) is 10.2. The maximum absolute atomic E-state index is 11.0. The van der Waals surface area contributed by atoms with Gasteiger partial charge in [-0.15, -0.1) is 10.2 Å². The summed E-state index contributed by atoms with van der Waals surface area (Å²) in [6.45, 7) is 0.693. The number of nitrogens with zero attached hydrogens (tertiary/aromatic N) is 4. The van der Waals surface area contributed by atoms with Crippen LogP contribution in [0.15, 0.2) is 16.9 Å². The molecule has 3 rings (SSSR count). The van der Waals surface area contributed by atoms with Gasteiger partial charge in [-0.1, -0.05) is 0 Å². The van der Waals surface area contributed by atoms with Crippen molar-refractivity contribution in [2.24, 2.45) is 5.73 Å². The molecule has 1 aliphatic rings. The maximum Gasteiger partial charge on any atom is 0.264 e. The largest absolute Gasteiger partial charge is 0.326 e. The zero-order chi connectivity index (χ0) is 11.8. The Hall–Kier alpha value is -2.02. The van der Waals surface area contributed by atoms with Gasteiger partial charge in [-0.05, 0) is 12.5 Å². The van der Waals surface area contributed by atoms with Crippen LogP contribution in [-0.4, -0.2) is 31.0 Å². The molecular weight excluding hydrogens is 220 g/mol. The molecule has 0 saturated carbocycles. The van der Waals surface area contributed by atoms with E-state index in [0.717, 1.165) is 18.7 Å². The first-order chi connectivity index (χ1) is 8.24. The molecular formula is C10H12N6O. The Kier molecular flexibility index (Phi) is 2.25. The highest BCUT2D eigenvalue weighted by atomic mass is 16.1. The molecule has 0 aliphatic carbocycles. The Morgan fingerprint density at radius 2 is 2.29 bits per heavy atom. The number of aromatic nitrogens is 5. The molecule has 3 heterocycles. The second-order valence-corrected chi connectivity index (χ2v) is 4.16. The van der Waals surface area contributed by atoms with Crippen molar-refractivity contribution in [1.29, 1.82) is 0 Å². The highest BCUT2D eigenvalue weighted by Gasteiger charge is 2.21. The minimum Gasteiger partial charge on any atom is -0.326 e. The SMILES string of the molecule is NC1CCc2nnc(-c3ccc(=O)[nH]n3)n2C1. The Bertz CT molecular complexity index is 581. The Balaban J connectivity index is 2.07. The van der Waals surface area contributed by atoms with Crippen LogP contribution < -0.4 is 11.3 Å². The summed E-state index contributed by atoms with van der Waals surface area (Å²) in [5, 5.41) is 14.6. The molecule has 1 atom stereocenters. The van der Waals surface area contributed by atoms with Crippen LogP contribution in [0.2, 0.25) is 0 Å². The number of aromatic amines is 1. The Morgan fingerprint density at radius 3 is 3.06 bits per heavy atom. The van der Waals surface area contributed by atoms with Crippen LogP contribution in [0.25, 0.3) is 11.5 Å². The van der Waals surface area contributed by atoms with Crippen molar-refractivity contribution < 1.29 is 0 Å². The summed E-state index contributed by atoms with van der Waals surface area (Å²) < 4.78 is 1.97. The van der Waals surface area contributed by atoms with Crippen molar-refractivity contribution >= 4 is 0 Å². The van der Waals surface area contributed by atoms with Crippen LogP contribution in [0, 0.1) is 0 Å². The standard InChI is InChI=1S/C10H12N6O/c11-6-1-3-8-13-15-10(16(8)5-6)7-2-4-9(17)14-12-7/h2,4,6H,1,3,5,11H2,(H,14,17). The highest BCUT2D eigenvalue weighted by Crippen LogP contribution is 2.19. The van der Waals surface area contributed by atoms with E-state index in [2.05, 4.69) is 20.4 Å². The van der Waals surface area contributed by atoms with E-state index in [4.69, 9.17) is 5.73 Å². The van der Waals surface area contributed by atoms with Gasteiger partial charge < -0.3 is 10.3 Å². The number of rotatable bonds is 1. The van der Waals surface area contributed by atoms with Crippen LogP contribution in [0.3, 0.4) is 0 Å². The average molecular weight is 232 g/mol. The van der Waals surface area contributed by atoms with Crippen LogP contribution >= 0.6 is 0 Å². The molecule has 2 aromatic rings. The lowest BCUT2D eigenvalue weighted by Gasteiger charge is -2.20. The van der Waals surface area contributed by atoms with Gasteiger partial charge in [0, 0.05) is 25.1 Å². The van der Waals surface area contributed by atoms with E-state index >= 15 is 0 Å². The average Bonchev–Trinajstić information content (AvgIpc) is 2.73. The van der Waals surface area contributed by atoms with Gasteiger partial charge in [0.2, 0.25) is 0 Å². The number of hydrogen-bond acceptors (Lipinski definition) is 5. The predicted octanol–water partition coefficient (Wildman–Crippen LogP) is -0.698. The van der Waals surface area contributed by atoms with Crippen molar-refractivity contribution in [3.05, 3.63) is 28.3 Å². The molecule has 7 heteroatoms. The second-order valence-electron chi connectivity index (χ2n) is 4.16. The van der Waals surface area contributed by atoms with Crippen LogP contribution in [0.4, 0.5) is 0 Å². The molecule has 0 aromatic carbocycles. The number of fused-ring (bicyclic) bond motifs is 1. The fourth-order valence-corrected chi connectivity index (χ4v) is 2.01. The van der Waals surface area contributed by atoms with E-state index in [1.54, 1.807) is 6.07 Å². The van der Waals surface area contributed by atoms with Crippen molar-refractivity contribution in [3.8, 4) is 11.5 Å². The third kappa shape index (κ3) is 1.74. The van der Waals surface area contributed by atoms with E-state index in [-0.39, 0.29) is 11.6 Å². The first-order valence-corrected chi connectivity index (χ1v) is 5.48. The lowest BCUT2D eigenvalue weighted by molar-refractivity contribution is 0.456. The van der Waals surface area contributed by atoms with Gasteiger partial charge in [-0.25, -0.2) is 5.10 Å². The smallest absolute Gasteiger partial charge is 0.264 e. The number of aryl methyl sites for hydroxylation is 1. The molecule has 0 spiro atoms. The lowest BCUT2D eigenvalue weighted by Crippen LogP contribution is -2.32. The summed E-state index contributed by atoms with van der Waals surface area (Å²) >= 11 is 0. The molecule has 0 bridgehead atoms. The minimum absolute atomic E-state index is 0.125. The van der Waals surface area contributed by atoms with Gasteiger partial charge in [-0.2, -0.15) is 5.10 Å². The molecule has 7 nitrogen and oxygen atoms in total. The first-order valence-electron chi connectivity index (χ1n) is 5.48. The Morgan fingerprint density at radius 1 is 1.41 bits per heavy atom. The summed E-state index contributed by atoms with van der Waals surface area (Å²) in [5.41, 5.74) is 6.30. The molecule has 1 aliphatic heterocycles. The van der Waals surface area contributed by atoms with E-state index in [9.17, 15) is 4.79 Å². The van der Waals surface area contributed by atoms with Gasteiger partial charge >= 0.3 is 0 Å². The summed E-state index contributed by atoms with van der Waals surface area (Å²) in [6.07, 6.45) is 1.76. The Labute approximate surface area is 96.7 Å². The molecule has 2 aromatic heterocycles. The van der Waals surface area contributed by atoms with Gasteiger partial charge in [0.25, 0.3) is 5.56 Å². The zero-order valence-electron chi connectivity index (χ0n) is 9.13. The number of hydrogen-bond donors (Lipinski definition) is 2. The van der Waals surface area contributed by atoms with Crippen molar-refractivity contribution in [1.82, 2.24) is 25.0 Å². The molecule has 0 radical (unpaired) electrons. The minimum atomic E-state index is -0.233. The summed E-state index contributed by atoms with van der Waals surface area (Å²) in [5.74, 6) is 1.58. The fourth-order valence-electron chi connectivity index (χ4n) is 2.01. The van der Waals surface area contributed by atoms with Crippen LogP contribution in [0.5, 0.6) is 0 Å². The number of H-pyrrole nitrogens is 1. The molecule has 1 unspecified atom stereocenters. The van der Waals surface area contributed by atoms with E-state index in [0.29, 0.717) is 18.1 Å². The molecule has 0 saturated heterocycles. The molecule has 17 heavy (non-hydrogen) atoms. The molecule has 3 N–H and O–H groups in total. The van der Waals surface area contributed by atoms with Gasteiger partial charge in [-0.3, -0.25) is 4.79 Å². The van der Waals surface area contributed by atoms with Crippen molar-refractivity contribution in [2.75, 3.05) is 0 Å². The number of nitrogens with two attached hydrogens (primary N) is 1. The van der Waals surface area contributed by atoms with Gasteiger partial charge in [0.1, 0.15) is 11.5 Å². The van der Waals surface area contributed by atoms with E-state index in [1.807, 2.05) is 4.57 Å². The molecule has 0 fully saturated rings. The van der Waals surface area contributed by atoms with E-state index in [1.165, 1.54) is 6.07 Å². The quantitative estimate of drug-likeness (QED) is 0.677. The fraction of sp³-hybridized carbons (Fsp3) is 0.400. The van der Waals surface area contributed by atoms with Crippen molar-refractivity contribution in [2.45, 2.75) is 25.4 Å². The van der Waals surface area contributed by atoms with Crippen molar-refractivity contribution in [3.63, 3.8) is 0 Å². The zero-order valence-corrected chi connectivity index (χ0v) is 9.13. The molecule has 0 amide bonds. The topological polar surface area (TPSA) is 102 Å².